The lowest BCUT2D eigenvalue weighted by atomic mass is 9.55. The van der Waals surface area contributed by atoms with Crippen molar-refractivity contribution in [1.82, 2.24) is 20.6 Å². The van der Waals surface area contributed by atoms with Gasteiger partial charge in [0.15, 0.2) is 5.78 Å². The van der Waals surface area contributed by atoms with Gasteiger partial charge in [0.05, 0.1) is 18.2 Å². The van der Waals surface area contributed by atoms with Gasteiger partial charge < -0.3 is 10.0 Å². The molecule has 1 heterocycles. The van der Waals surface area contributed by atoms with E-state index in [1.165, 1.54) is 7.41 Å². The van der Waals surface area contributed by atoms with Gasteiger partial charge >= 0.3 is 0 Å². The van der Waals surface area contributed by atoms with E-state index in [-0.39, 0.29) is 29.2 Å². The van der Waals surface area contributed by atoms with Crippen LogP contribution in [0.2, 0.25) is 0 Å². The van der Waals surface area contributed by atoms with E-state index >= 15 is 0 Å². The van der Waals surface area contributed by atoms with Gasteiger partial charge in [-0.2, -0.15) is 0 Å². The summed E-state index contributed by atoms with van der Waals surface area (Å²) in [5.41, 5.74) is 1.57. The van der Waals surface area contributed by atoms with Crippen LogP contribution in [0.25, 0.3) is 0 Å². The van der Waals surface area contributed by atoms with Gasteiger partial charge in [-0.15, -0.1) is 0 Å². The SMILES string of the molecule is CCC(CC)C(=O)C1CN(C)CN(C(CC)(CC)C(C)(CC)C(=O)[B]NC(C)(CC)C(C)=O)N1. The predicted octanol–water partition coefficient (Wildman–Crippen LogP) is 3.54. The van der Waals surface area contributed by atoms with Crippen LogP contribution in [-0.2, 0) is 14.4 Å². The Morgan fingerprint density at radius 1 is 1.00 bits per heavy atom. The molecular formula is C26H50BN4O3. The number of hydrogen-bond acceptors (Lipinski definition) is 7. The second-order valence-corrected chi connectivity index (χ2v) is 10.5. The monoisotopic (exact) mass is 477 g/mol. The Labute approximate surface area is 209 Å². The maximum absolute atomic E-state index is 13.8. The zero-order valence-electron chi connectivity index (χ0n) is 23.5. The Morgan fingerprint density at radius 2 is 1.56 bits per heavy atom. The van der Waals surface area contributed by atoms with Crippen molar-refractivity contribution in [1.29, 1.82) is 0 Å². The number of Topliss-reactive ketones (excluding diaryl/α,β-unsaturated/α-hetero) is 2. The summed E-state index contributed by atoms with van der Waals surface area (Å²) < 4.78 is 0. The quantitative estimate of drug-likeness (QED) is 0.349. The maximum Gasteiger partial charge on any atom is 0.296 e. The van der Waals surface area contributed by atoms with Crippen molar-refractivity contribution in [3.8, 4) is 0 Å². The highest BCUT2D eigenvalue weighted by Gasteiger charge is 2.54. The molecular weight excluding hydrogens is 427 g/mol. The summed E-state index contributed by atoms with van der Waals surface area (Å²) in [4.78, 5) is 41.5. The molecule has 0 bridgehead atoms. The molecule has 1 radical (unpaired) electrons. The summed E-state index contributed by atoms with van der Waals surface area (Å²) in [6.45, 7) is 19.1. The number of likely N-dealkylation sites (N-methyl/N-ethyl adjacent to an activating group) is 1. The van der Waals surface area contributed by atoms with Gasteiger partial charge in [-0.1, -0.05) is 48.5 Å². The van der Waals surface area contributed by atoms with Gasteiger partial charge in [-0.3, -0.25) is 14.5 Å². The van der Waals surface area contributed by atoms with Crippen LogP contribution in [0.5, 0.6) is 0 Å². The number of carbonyl (C=O) groups is 3. The number of hydrogen-bond donors (Lipinski definition) is 2. The first kappa shape index (κ1) is 30.9. The molecule has 0 aromatic heterocycles. The molecule has 0 aromatic carbocycles. The third kappa shape index (κ3) is 6.00. The largest absolute Gasteiger partial charge is 0.342 e. The average Bonchev–Trinajstić information content (AvgIpc) is 2.83. The highest BCUT2D eigenvalue weighted by molar-refractivity contribution is 6.73. The molecule has 3 unspecified atom stereocenters. The van der Waals surface area contributed by atoms with E-state index in [0.717, 1.165) is 25.7 Å². The average molecular weight is 478 g/mol. The lowest BCUT2D eigenvalue weighted by molar-refractivity contribution is -0.153. The molecule has 1 aliphatic rings. The zero-order chi connectivity index (χ0) is 26.3. The standard InChI is InChI=1S/C26H50BN4O3/c1-11-20(12-2)22(33)21-17-30(10)18-31(28-21)26(15-5,16-6)24(8,13-3)23(34)27-29-25(9,14-4)19(7)32/h20-21,28-29H,11-18H2,1-10H3. The first-order valence-corrected chi connectivity index (χ1v) is 13.3. The third-order valence-corrected chi connectivity index (χ3v) is 8.89. The van der Waals surface area contributed by atoms with Crippen molar-refractivity contribution in [2.24, 2.45) is 11.3 Å². The fourth-order valence-electron chi connectivity index (χ4n) is 5.55. The van der Waals surface area contributed by atoms with Crippen molar-refractivity contribution in [3.63, 3.8) is 0 Å². The van der Waals surface area contributed by atoms with Crippen LogP contribution in [0.3, 0.4) is 0 Å². The van der Waals surface area contributed by atoms with Crippen molar-refractivity contribution >= 4 is 24.7 Å². The minimum absolute atomic E-state index is 0.0107. The number of nitrogens with zero attached hydrogens (tertiary/aromatic N) is 2. The summed E-state index contributed by atoms with van der Waals surface area (Å²) in [6.07, 6.45) is 4.40. The molecule has 0 amide bonds. The van der Waals surface area contributed by atoms with Crippen LogP contribution in [0.4, 0.5) is 0 Å². The lowest BCUT2D eigenvalue weighted by Gasteiger charge is -2.57. The molecule has 1 saturated heterocycles. The van der Waals surface area contributed by atoms with E-state index in [4.69, 9.17) is 0 Å². The fourth-order valence-corrected chi connectivity index (χ4v) is 5.55. The summed E-state index contributed by atoms with van der Waals surface area (Å²) in [5, 5.41) is 5.31. The third-order valence-electron chi connectivity index (χ3n) is 8.89. The van der Waals surface area contributed by atoms with E-state index in [2.05, 4.69) is 55.2 Å². The topological polar surface area (TPSA) is 81.8 Å². The van der Waals surface area contributed by atoms with Gasteiger partial charge in [0.1, 0.15) is 11.5 Å². The Bertz CT molecular complexity index is 710. The molecule has 1 rings (SSSR count). The van der Waals surface area contributed by atoms with Crippen molar-refractivity contribution in [3.05, 3.63) is 0 Å². The molecule has 34 heavy (non-hydrogen) atoms. The van der Waals surface area contributed by atoms with Crippen molar-refractivity contribution in [2.45, 2.75) is 118 Å². The molecule has 0 aliphatic carbocycles. The molecule has 0 aromatic rings. The van der Waals surface area contributed by atoms with E-state index < -0.39 is 16.5 Å². The zero-order valence-corrected chi connectivity index (χ0v) is 23.5. The van der Waals surface area contributed by atoms with Crippen LogP contribution in [0.15, 0.2) is 0 Å². The number of rotatable bonds is 15. The fraction of sp³-hybridized carbons (Fsp3) is 0.885. The van der Waals surface area contributed by atoms with Gasteiger partial charge in [-0.25, -0.2) is 10.4 Å². The first-order valence-electron chi connectivity index (χ1n) is 13.3. The van der Waals surface area contributed by atoms with E-state index in [9.17, 15) is 14.4 Å². The van der Waals surface area contributed by atoms with Gasteiger partial charge in [-0.05, 0) is 59.4 Å². The smallest absolute Gasteiger partial charge is 0.296 e. The minimum atomic E-state index is -0.762. The molecule has 3 atom stereocenters. The number of carbonyl (C=O) groups excluding carboxylic acids is 3. The van der Waals surface area contributed by atoms with Crippen LogP contribution in [0, 0.1) is 11.3 Å². The van der Waals surface area contributed by atoms with Crippen molar-refractivity contribution in [2.75, 3.05) is 20.3 Å². The molecule has 2 N–H and O–H groups in total. The lowest BCUT2D eigenvalue weighted by Crippen LogP contribution is -2.73. The Balaban J connectivity index is 3.33. The molecule has 0 saturated carbocycles. The molecule has 7 nitrogen and oxygen atoms in total. The second kappa shape index (κ2) is 12.7. The van der Waals surface area contributed by atoms with Gasteiger partial charge in [0.2, 0.25) is 0 Å². The van der Waals surface area contributed by atoms with Crippen LogP contribution < -0.4 is 10.7 Å². The molecule has 8 heteroatoms. The highest BCUT2D eigenvalue weighted by Crippen LogP contribution is 2.45. The molecule has 1 aliphatic heterocycles. The Hall–Kier alpha value is -1.09. The minimum Gasteiger partial charge on any atom is -0.342 e. The summed E-state index contributed by atoms with van der Waals surface area (Å²) in [7, 11) is 3.56. The van der Waals surface area contributed by atoms with Crippen LogP contribution in [-0.4, -0.2) is 72.0 Å². The number of ketones is 2. The van der Waals surface area contributed by atoms with Crippen molar-refractivity contribution < 1.29 is 14.4 Å². The van der Waals surface area contributed by atoms with Gasteiger partial charge in [0.25, 0.3) is 7.41 Å². The number of nitrogens with one attached hydrogen (secondary N) is 2. The van der Waals surface area contributed by atoms with E-state index in [1.807, 2.05) is 27.8 Å². The van der Waals surface area contributed by atoms with E-state index in [0.29, 0.717) is 26.1 Å². The first-order chi connectivity index (χ1) is 15.9. The highest BCUT2D eigenvalue weighted by atomic mass is 16.1. The normalized spacial score (nSPS) is 21.7. The summed E-state index contributed by atoms with van der Waals surface area (Å²) in [5.74, 6) is 0.302. The maximum atomic E-state index is 13.8. The van der Waals surface area contributed by atoms with Crippen LogP contribution in [0.1, 0.15) is 101 Å². The number of hydrazine groups is 1. The Kier molecular flexibility index (Phi) is 11.6. The predicted molar refractivity (Wildman–Crippen MR) is 140 cm³/mol. The van der Waals surface area contributed by atoms with Crippen LogP contribution >= 0.6 is 0 Å². The summed E-state index contributed by atoms with van der Waals surface area (Å²) >= 11 is 0. The second-order valence-electron chi connectivity index (χ2n) is 10.5. The summed E-state index contributed by atoms with van der Waals surface area (Å²) in [6, 6.07) is -0.291. The molecule has 0 spiro atoms. The molecule has 195 valence electrons. The molecule has 1 fully saturated rings. The van der Waals surface area contributed by atoms with Gasteiger partial charge in [0, 0.05) is 23.4 Å². The van der Waals surface area contributed by atoms with E-state index in [1.54, 1.807) is 6.92 Å². The Morgan fingerprint density at radius 3 is 1.97 bits per heavy atom.